The minimum absolute atomic E-state index is 0.0711. The van der Waals surface area contributed by atoms with Crippen LogP contribution in [0.4, 0.5) is 4.79 Å². The smallest absolute Gasteiger partial charge is 0.315 e. The van der Waals surface area contributed by atoms with Crippen LogP contribution in [0.2, 0.25) is 0 Å². The molecule has 0 bridgehead atoms. The van der Waals surface area contributed by atoms with E-state index < -0.39 is 6.10 Å². The van der Waals surface area contributed by atoms with Gasteiger partial charge in [0, 0.05) is 45.3 Å². The first-order valence-corrected chi connectivity index (χ1v) is 9.05. The van der Waals surface area contributed by atoms with Crippen LogP contribution < -0.4 is 10.6 Å². The Morgan fingerprint density at radius 1 is 1.16 bits per heavy atom. The van der Waals surface area contributed by atoms with Crippen molar-refractivity contribution in [3.8, 4) is 0 Å². The highest BCUT2D eigenvalue weighted by molar-refractivity contribution is 5.74. The van der Waals surface area contributed by atoms with E-state index in [0.29, 0.717) is 0 Å². The number of nitrogens with zero attached hydrogens (tertiary/aromatic N) is 2. The lowest BCUT2D eigenvalue weighted by Crippen LogP contribution is -2.51. The summed E-state index contributed by atoms with van der Waals surface area (Å²) in [5.41, 5.74) is 3.06. The Morgan fingerprint density at radius 3 is 2.36 bits per heavy atom. The third-order valence-corrected chi connectivity index (χ3v) is 4.59. The monoisotopic (exact) mass is 348 g/mol. The van der Waals surface area contributed by atoms with Crippen molar-refractivity contribution in [2.75, 3.05) is 46.3 Å². The number of benzene rings is 1. The van der Waals surface area contributed by atoms with Crippen LogP contribution in [0.25, 0.3) is 0 Å². The first-order chi connectivity index (χ1) is 11.8. The molecule has 6 nitrogen and oxygen atoms in total. The lowest BCUT2D eigenvalue weighted by atomic mass is 10.0. The number of carbonyl (C=O) groups is 1. The summed E-state index contributed by atoms with van der Waals surface area (Å²) in [7, 11) is 2.13. The molecule has 1 aromatic rings. The van der Waals surface area contributed by atoms with Gasteiger partial charge in [-0.05, 0) is 33.4 Å². The second kappa shape index (κ2) is 9.17. The fraction of sp³-hybridized carbons (Fsp3) is 0.632. The third-order valence-electron chi connectivity index (χ3n) is 4.59. The van der Waals surface area contributed by atoms with E-state index in [2.05, 4.69) is 33.5 Å². The van der Waals surface area contributed by atoms with Crippen LogP contribution >= 0.6 is 0 Å². The molecular formula is C19H32N4O2. The number of aliphatic hydroxyl groups is 1. The van der Waals surface area contributed by atoms with Crippen molar-refractivity contribution in [2.45, 2.75) is 32.9 Å². The normalized spacial score (nSPS) is 18.6. The van der Waals surface area contributed by atoms with Crippen LogP contribution in [0.3, 0.4) is 0 Å². The molecule has 2 amide bonds. The van der Waals surface area contributed by atoms with Crippen molar-refractivity contribution in [3.05, 3.63) is 34.9 Å². The number of carbonyl (C=O) groups excluding carboxylic acids is 1. The Morgan fingerprint density at radius 2 is 1.76 bits per heavy atom. The van der Waals surface area contributed by atoms with Crippen LogP contribution in [-0.4, -0.2) is 73.3 Å². The van der Waals surface area contributed by atoms with Crippen LogP contribution in [0.1, 0.15) is 29.7 Å². The van der Waals surface area contributed by atoms with E-state index in [1.165, 1.54) is 0 Å². The molecule has 1 fully saturated rings. The molecule has 1 aromatic carbocycles. The highest BCUT2D eigenvalue weighted by Crippen LogP contribution is 2.16. The number of hydrogen-bond donors (Lipinski definition) is 3. The molecule has 0 aromatic heterocycles. The van der Waals surface area contributed by atoms with Gasteiger partial charge in [0.2, 0.25) is 0 Å². The standard InChI is InChI=1S/C19H32N4O2/c1-14-9-15(2)11-17(10-14)18(24)12-20-19(25)21-16(3)13-23-7-5-22(4)6-8-23/h9-11,16,18,24H,5-8,12-13H2,1-4H3,(H2,20,21,25)/t16-,18+/m1/s1. The van der Waals surface area contributed by atoms with Crippen LogP contribution in [0.15, 0.2) is 18.2 Å². The molecule has 0 unspecified atom stereocenters. The van der Waals surface area contributed by atoms with Gasteiger partial charge in [0.25, 0.3) is 0 Å². The molecule has 0 aliphatic carbocycles. The van der Waals surface area contributed by atoms with Gasteiger partial charge in [-0.15, -0.1) is 0 Å². The predicted molar refractivity (Wildman–Crippen MR) is 101 cm³/mol. The summed E-state index contributed by atoms with van der Waals surface area (Å²) in [6.45, 7) is 11.3. The molecule has 140 valence electrons. The molecule has 3 N–H and O–H groups in total. The summed E-state index contributed by atoms with van der Waals surface area (Å²) >= 11 is 0. The van der Waals surface area contributed by atoms with E-state index in [4.69, 9.17) is 0 Å². The van der Waals surface area contributed by atoms with Crippen LogP contribution in [-0.2, 0) is 0 Å². The number of hydrogen-bond acceptors (Lipinski definition) is 4. The van der Waals surface area contributed by atoms with Gasteiger partial charge in [0.1, 0.15) is 0 Å². The number of rotatable bonds is 6. The van der Waals surface area contributed by atoms with Crippen LogP contribution in [0.5, 0.6) is 0 Å². The Kier molecular flexibility index (Phi) is 7.23. The first kappa shape index (κ1) is 19.7. The maximum Gasteiger partial charge on any atom is 0.315 e. The lowest BCUT2D eigenvalue weighted by molar-refractivity contribution is 0.143. The Bertz CT molecular complexity index is 550. The second-order valence-corrected chi connectivity index (χ2v) is 7.30. The van der Waals surface area contributed by atoms with Gasteiger partial charge in [0.15, 0.2) is 0 Å². The number of aliphatic hydroxyl groups excluding tert-OH is 1. The zero-order chi connectivity index (χ0) is 18.4. The number of likely N-dealkylation sites (N-methyl/N-ethyl adjacent to an activating group) is 1. The first-order valence-electron chi connectivity index (χ1n) is 9.05. The average molecular weight is 348 g/mol. The molecule has 1 aliphatic rings. The maximum absolute atomic E-state index is 12.1. The van der Waals surface area contributed by atoms with Crippen molar-refractivity contribution in [1.29, 1.82) is 0 Å². The fourth-order valence-electron chi connectivity index (χ4n) is 3.25. The predicted octanol–water partition coefficient (Wildman–Crippen LogP) is 1.27. The third kappa shape index (κ3) is 6.65. The molecular weight excluding hydrogens is 316 g/mol. The minimum atomic E-state index is -0.697. The second-order valence-electron chi connectivity index (χ2n) is 7.30. The van der Waals surface area contributed by atoms with Gasteiger partial charge in [-0.25, -0.2) is 4.79 Å². The average Bonchev–Trinajstić information content (AvgIpc) is 2.53. The SMILES string of the molecule is Cc1cc(C)cc([C@@H](O)CNC(=O)N[C@H](C)CN2CCN(C)CC2)c1. The van der Waals surface area contributed by atoms with Crippen molar-refractivity contribution in [2.24, 2.45) is 0 Å². The molecule has 1 saturated heterocycles. The van der Waals surface area contributed by atoms with Crippen LogP contribution in [0, 0.1) is 13.8 Å². The van der Waals surface area contributed by atoms with Crippen molar-refractivity contribution < 1.29 is 9.90 Å². The van der Waals surface area contributed by atoms with E-state index in [1.807, 2.05) is 32.9 Å². The van der Waals surface area contributed by atoms with E-state index in [0.717, 1.165) is 49.4 Å². The molecule has 2 atom stereocenters. The summed E-state index contributed by atoms with van der Waals surface area (Å²) in [4.78, 5) is 16.7. The van der Waals surface area contributed by atoms with Crippen molar-refractivity contribution >= 4 is 6.03 Å². The zero-order valence-corrected chi connectivity index (χ0v) is 15.9. The minimum Gasteiger partial charge on any atom is -0.387 e. The van der Waals surface area contributed by atoms with Gasteiger partial charge < -0.3 is 20.6 Å². The maximum atomic E-state index is 12.1. The van der Waals surface area contributed by atoms with E-state index in [9.17, 15) is 9.90 Å². The van der Waals surface area contributed by atoms with Crippen molar-refractivity contribution in [1.82, 2.24) is 20.4 Å². The van der Waals surface area contributed by atoms with Crippen molar-refractivity contribution in [3.63, 3.8) is 0 Å². The molecule has 25 heavy (non-hydrogen) atoms. The Hall–Kier alpha value is -1.63. The summed E-state index contributed by atoms with van der Waals surface area (Å²) in [6, 6.07) is 5.81. The summed E-state index contributed by atoms with van der Waals surface area (Å²) in [5, 5.41) is 16.0. The Labute approximate surface area is 151 Å². The van der Waals surface area contributed by atoms with E-state index in [1.54, 1.807) is 0 Å². The molecule has 1 aliphatic heterocycles. The quantitative estimate of drug-likeness (QED) is 0.724. The molecule has 0 radical (unpaired) electrons. The van der Waals surface area contributed by atoms with Gasteiger partial charge in [0.05, 0.1) is 6.10 Å². The Balaban J connectivity index is 1.72. The molecule has 1 heterocycles. The largest absolute Gasteiger partial charge is 0.387 e. The fourth-order valence-corrected chi connectivity index (χ4v) is 3.25. The van der Waals surface area contributed by atoms with Gasteiger partial charge in [-0.1, -0.05) is 29.3 Å². The number of nitrogens with one attached hydrogen (secondary N) is 2. The molecule has 2 rings (SSSR count). The van der Waals surface area contributed by atoms with E-state index in [-0.39, 0.29) is 18.6 Å². The molecule has 6 heteroatoms. The number of amides is 2. The zero-order valence-electron chi connectivity index (χ0n) is 15.9. The highest BCUT2D eigenvalue weighted by atomic mass is 16.3. The molecule has 0 saturated carbocycles. The van der Waals surface area contributed by atoms with Gasteiger partial charge >= 0.3 is 6.03 Å². The lowest BCUT2D eigenvalue weighted by Gasteiger charge is -2.34. The van der Waals surface area contributed by atoms with Gasteiger partial charge in [-0.3, -0.25) is 4.90 Å². The number of urea groups is 1. The topological polar surface area (TPSA) is 67.8 Å². The number of piperazine rings is 1. The van der Waals surface area contributed by atoms with E-state index >= 15 is 0 Å². The number of aryl methyl sites for hydroxylation is 2. The highest BCUT2D eigenvalue weighted by Gasteiger charge is 2.17. The summed E-state index contributed by atoms with van der Waals surface area (Å²) in [5.74, 6) is 0. The molecule has 0 spiro atoms. The summed E-state index contributed by atoms with van der Waals surface area (Å²) < 4.78 is 0. The summed E-state index contributed by atoms with van der Waals surface area (Å²) in [6.07, 6.45) is -0.697. The van der Waals surface area contributed by atoms with Gasteiger partial charge in [-0.2, -0.15) is 0 Å².